The van der Waals surface area contributed by atoms with Crippen LogP contribution in [0.2, 0.25) is 0 Å². The summed E-state index contributed by atoms with van der Waals surface area (Å²) in [7, 11) is 0. The van der Waals surface area contributed by atoms with Crippen molar-refractivity contribution in [3.63, 3.8) is 0 Å². The second-order valence-corrected chi connectivity index (χ2v) is 10.9. The van der Waals surface area contributed by atoms with Crippen molar-refractivity contribution in [1.29, 1.82) is 0 Å². The number of carbonyl (C=O) groups is 1. The van der Waals surface area contributed by atoms with Crippen LogP contribution in [0.1, 0.15) is 54.4 Å². The minimum absolute atomic E-state index is 0.147. The van der Waals surface area contributed by atoms with Crippen LogP contribution < -0.4 is 0 Å². The molecule has 1 atom stereocenters. The number of likely N-dealkylation sites (tertiary alicyclic amines) is 2. The van der Waals surface area contributed by atoms with Crippen LogP contribution in [0.25, 0.3) is 6.08 Å². The largest absolute Gasteiger partial charge is 0.416 e. The monoisotopic (exact) mass is 512 g/mol. The minimum atomic E-state index is -4.37. The van der Waals surface area contributed by atoms with E-state index in [0.29, 0.717) is 30.6 Å². The molecule has 2 fully saturated rings. The van der Waals surface area contributed by atoms with Crippen LogP contribution in [0.4, 0.5) is 13.2 Å². The van der Waals surface area contributed by atoms with Crippen molar-refractivity contribution in [1.82, 2.24) is 9.80 Å². The van der Waals surface area contributed by atoms with Crippen molar-refractivity contribution in [2.45, 2.75) is 56.2 Å². The van der Waals surface area contributed by atoms with Gasteiger partial charge in [0, 0.05) is 25.7 Å². The Morgan fingerprint density at radius 3 is 2.35 bits per heavy atom. The number of benzene rings is 2. The summed E-state index contributed by atoms with van der Waals surface area (Å²) in [5.74, 6) is 0.0250. The van der Waals surface area contributed by atoms with E-state index in [1.807, 2.05) is 0 Å². The van der Waals surface area contributed by atoms with Gasteiger partial charge in [-0.05, 0) is 97.8 Å². The fourth-order valence-corrected chi connectivity index (χ4v) is 6.42. The number of halogens is 3. The van der Waals surface area contributed by atoms with E-state index >= 15 is 0 Å². The molecule has 4 nitrogen and oxygen atoms in total. The summed E-state index contributed by atoms with van der Waals surface area (Å²) >= 11 is 0. The van der Waals surface area contributed by atoms with Crippen LogP contribution in [-0.4, -0.2) is 59.6 Å². The molecule has 5 rings (SSSR count). The van der Waals surface area contributed by atoms with Gasteiger partial charge in [-0.3, -0.25) is 4.79 Å². The van der Waals surface area contributed by atoms with Gasteiger partial charge >= 0.3 is 6.18 Å². The molecule has 198 valence electrons. The maximum absolute atomic E-state index is 12.7. The zero-order valence-corrected chi connectivity index (χ0v) is 21.1. The van der Waals surface area contributed by atoms with Crippen molar-refractivity contribution in [2.24, 2.45) is 5.92 Å². The van der Waals surface area contributed by atoms with Gasteiger partial charge in [-0.25, -0.2) is 0 Å². The SMILES string of the molecule is O=C(C=Cc1ccc(C(F)(F)F)cc1)N1CCC(C(O)CN2CCC3(CCc4ccccc43)CC2)CC1. The van der Waals surface area contributed by atoms with Gasteiger partial charge in [-0.15, -0.1) is 0 Å². The standard InChI is InChI=1S/C30H35F3N2O2/c31-30(32,33)25-8-5-22(6-9-25)7-10-28(37)35-17-12-24(13-18-35)27(36)21-34-19-15-29(16-20-34)14-11-23-3-1-2-4-26(23)29/h1-10,24,27,36H,11-21H2. The lowest BCUT2D eigenvalue weighted by atomic mass is 9.73. The number of fused-ring (bicyclic) bond motifs is 2. The summed E-state index contributed by atoms with van der Waals surface area (Å²) in [5, 5.41) is 11.0. The molecule has 0 saturated carbocycles. The zero-order valence-electron chi connectivity index (χ0n) is 21.1. The van der Waals surface area contributed by atoms with Crippen molar-refractivity contribution in [2.75, 3.05) is 32.7 Å². The lowest BCUT2D eigenvalue weighted by Crippen LogP contribution is -2.47. The third-order valence-electron chi connectivity index (χ3n) is 8.77. The number of nitrogens with zero attached hydrogens (tertiary/aromatic N) is 2. The first-order chi connectivity index (χ1) is 17.7. The summed E-state index contributed by atoms with van der Waals surface area (Å²) < 4.78 is 38.1. The van der Waals surface area contributed by atoms with Gasteiger partial charge in [0.1, 0.15) is 0 Å². The third-order valence-corrected chi connectivity index (χ3v) is 8.77. The maximum Gasteiger partial charge on any atom is 0.416 e. The molecule has 1 N–H and O–H groups in total. The van der Waals surface area contributed by atoms with E-state index in [1.54, 1.807) is 16.5 Å². The lowest BCUT2D eigenvalue weighted by Gasteiger charge is -2.42. The highest BCUT2D eigenvalue weighted by atomic mass is 19.4. The predicted octanol–water partition coefficient (Wildman–Crippen LogP) is 5.30. The number of hydrogen-bond acceptors (Lipinski definition) is 3. The van der Waals surface area contributed by atoms with Gasteiger partial charge < -0.3 is 14.9 Å². The Morgan fingerprint density at radius 2 is 1.68 bits per heavy atom. The molecule has 2 heterocycles. The van der Waals surface area contributed by atoms with Crippen LogP contribution in [0.3, 0.4) is 0 Å². The Hall–Kier alpha value is -2.64. The van der Waals surface area contributed by atoms with E-state index in [-0.39, 0.29) is 11.8 Å². The van der Waals surface area contributed by atoms with Gasteiger partial charge in [0.2, 0.25) is 5.91 Å². The van der Waals surface area contributed by atoms with Crippen LogP contribution in [0.5, 0.6) is 0 Å². The first kappa shape index (κ1) is 26.0. The molecule has 2 aliphatic heterocycles. The average molecular weight is 513 g/mol. The molecule has 1 spiro atoms. The van der Waals surface area contributed by atoms with E-state index in [2.05, 4.69) is 29.2 Å². The molecule has 1 unspecified atom stereocenters. The number of piperidine rings is 2. The number of aryl methyl sites for hydroxylation is 1. The Labute approximate surface area is 216 Å². The number of hydrogen-bond donors (Lipinski definition) is 1. The molecule has 1 amide bonds. The van der Waals surface area contributed by atoms with Gasteiger partial charge in [0.05, 0.1) is 11.7 Å². The van der Waals surface area contributed by atoms with Crippen LogP contribution in [-0.2, 0) is 22.8 Å². The summed E-state index contributed by atoms with van der Waals surface area (Å²) in [6.07, 6.45) is 4.43. The summed E-state index contributed by atoms with van der Waals surface area (Å²) in [5.41, 5.74) is 3.21. The van der Waals surface area contributed by atoms with Crippen molar-refractivity contribution in [3.8, 4) is 0 Å². The Balaban J connectivity index is 1.06. The Bertz CT molecular complexity index is 1110. The van der Waals surface area contributed by atoms with E-state index in [4.69, 9.17) is 0 Å². The topological polar surface area (TPSA) is 43.8 Å². The number of β-amino-alcohol motifs (C(OH)–C–C–N with tert-alkyl or cyclic N) is 1. The number of aliphatic hydroxyl groups is 1. The van der Waals surface area contributed by atoms with Gasteiger partial charge in [-0.2, -0.15) is 13.2 Å². The highest BCUT2D eigenvalue weighted by Gasteiger charge is 2.41. The molecule has 2 aromatic rings. The van der Waals surface area contributed by atoms with E-state index < -0.39 is 17.8 Å². The summed E-state index contributed by atoms with van der Waals surface area (Å²) in [6, 6.07) is 13.6. The summed E-state index contributed by atoms with van der Waals surface area (Å²) in [6.45, 7) is 3.87. The third kappa shape index (κ3) is 5.78. The summed E-state index contributed by atoms with van der Waals surface area (Å²) in [4.78, 5) is 16.7. The first-order valence-electron chi connectivity index (χ1n) is 13.4. The van der Waals surface area contributed by atoms with Crippen molar-refractivity contribution < 1.29 is 23.1 Å². The molecule has 3 aliphatic rings. The average Bonchev–Trinajstić information content (AvgIpc) is 3.26. The van der Waals surface area contributed by atoms with Crippen LogP contribution >= 0.6 is 0 Å². The molecule has 0 aromatic heterocycles. The zero-order chi connectivity index (χ0) is 26.0. The molecule has 2 saturated heterocycles. The molecule has 2 aromatic carbocycles. The highest BCUT2D eigenvalue weighted by Crippen LogP contribution is 2.46. The molecular weight excluding hydrogens is 477 g/mol. The predicted molar refractivity (Wildman–Crippen MR) is 138 cm³/mol. The van der Waals surface area contributed by atoms with E-state index in [0.717, 1.165) is 50.9 Å². The smallest absolute Gasteiger partial charge is 0.392 e. The Kier molecular flexibility index (Phi) is 7.46. The number of aliphatic hydroxyl groups excluding tert-OH is 1. The van der Waals surface area contributed by atoms with Crippen molar-refractivity contribution >= 4 is 12.0 Å². The molecule has 1 aliphatic carbocycles. The Morgan fingerprint density at radius 1 is 1.00 bits per heavy atom. The second-order valence-electron chi connectivity index (χ2n) is 10.9. The van der Waals surface area contributed by atoms with Gasteiger partial charge in [0.25, 0.3) is 0 Å². The van der Waals surface area contributed by atoms with Crippen LogP contribution in [0.15, 0.2) is 54.6 Å². The molecule has 37 heavy (non-hydrogen) atoms. The number of alkyl halides is 3. The van der Waals surface area contributed by atoms with E-state index in [9.17, 15) is 23.1 Å². The van der Waals surface area contributed by atoms with Crippen molar-refractivity contribution in [3.05, 3.63) is 76.9 Å². The quantitative estimate of drug-likeness (QED) is 0.553. The fourth-order valence-electron chi connectivity index (χ4n) is 6.42. The fraction of sp³-hybridized carbons (Fsp3) is 0.500. The van der Waals surface area contributed by atoms with E-state index in [1.165, 1.54) is 36.6 Å². The molecule has 7 heteroatoms. The molecule has 0 radical (unpaired) electrons. The van der Waals surface area contributed by atoms with Gasteiger partial charge in [0.15, 0.2) is 0 Å². The molecular formula is C30H35F3N2O2. The maximum atomic E-state index is 12.7. The van der Waals surface area contributed by atoms with Crippen LogP contribution in [0, 0.1) is 5.92 Å². The van der Waals surface area contributed by atoms with Gasteiger partial charge in [-0.1, -0.05) is 36.4 Å². The lowest BCUT2D eigenvalue weighted by molar-refractivity contribution is -0.137. The number of amides is 1. The molecule has 0 bridgehead atoms. The first-order valence-corrected chi connectivity index (χ1v) is 13.4. The second kappa shape index (κ2) is 10.6. The number of carbonyl (C=O) groups excluding carboxylic acids is 1. The number of rotatable bonds is 5. The minimum Gasteiger partial charge on any atom is -0.392 e. The highest BCUT2D eigenvalue weighted by molar-refractivity contribution is 5.91. The normalized spacial score (nSPS) is 21.5.